The van der Waals surface area contributed by atoms with E-state index in [1.54, 1.807) is 4.90 Å². The number of benzene rings is 2. The molecule has 0 spiro atoms. The van der Waals surface area contributed by atoms with Crippen molar-refractivity contribution in [1.82, 2.24) is 0 Å². The van der Waals surface area contributed by atoms with Crippen LogP contribution >= 0.6 is 0 Å². The van der Waals surface area contributed by atoms with Gasteiger partial charge in [0.05, 0.1) is 0 Å². The van der Waals surface area contributed by atoms with Gasteiger partial charge in [-0.2, -0.15) is 0 Å². The number of carbonyl (C=O) groups excluding carboxylic acids is 1. The Bertz CT molecular complexity index is 663. The molecule has 1 saturated heterocycles. The molecule has 0 unspecified atom stereocenters. The van der Waals surface area contributed by atoms with E-state index in [0.717, 1.165) is 24.5 Å². The summed E-state index contributed by atoms with van der Waals surface area (Å²) in [5.41, 5.74) is 3.14. The predicted molar refractivity (Wildman–Crippen MR) is 101 cm³/mol. The fourth-order valence-corrected chi connectivity index (χ4v) is 3.12. The Hall–Kier alpha value is -2.49. The molecular formula is C20H25N3O. The highest BCUT2D eigenvalue weighted by Crippen LogP contribution is 2.22. The van der Waals surface area contributed by atoms with E-state index in [1.165, 1.54) is 18.5 Å². The lowest BCUT2D eigenvalue weighted by atomic mass is 10.2. The Morgan fingerprint density at radius 1 is 1.04 bits per heavy atom. The van der Waals surface area contributed by atoms with Crippen molar-refractivity contribution in [3.63, 3.8) is 0 Å². The van der Waals surface area contributed by atoms with E-state index in [4.69, 9.17) is 0 Å². The topological polar surface area (TPSA) is 35.6 Å². The van der Waals surface area contributed by atoms with Crippen LogP contribution in [0.2, 0.25) is 0 Å². The minimum absolute atomic E-state index is 0.0461. The predicted octanol–water partition coefficient (Wildman–Crippen LogP) is 3.75. The molecule has 2 aromatic rings. The lowest BCUT2D eigenvalue weighted by Crippen LogP contribution is -2.39. The summed E-state index contributed by atoms with van der Waals surface area (Å²) in [6, 6.07) is 17.8. The summed E-state index contributed by atoms with van der Waals surface area (Å²) in [5, 5.41) is 3.30. The summed E-state index contributed by atoms with van der Waals surface area (Å²) < 4.78 is 0. The SMILES string of the molecule is C[C@@H](Nc1ccc(N2CCCC2)cc1)C(=O)N(C)c1ccccc1. The van der Waals surface area contributed by atoms with Crippen LogP contribution in [0.15, 0.2) is 54.6 Å². The van der Waals surface area contributed by atoms with Gasteiger partial charge in [0.25, 0.3) is 0 Å². The third-order valence-corrected chi connectivity index (χ3v) is 4.57. The maximum Gasteiger partial charge on any atom is 0.248 e. The quantitative estimate of drug-likeness (QED) is 0.910. The lowest BCUT2D eigenvalue weighted by molar-refractivity contribution is -0.118. The maximum atomic E-state index is 12.6. The van der Waals surface area contributed by atoms with E-state index in [-0.39, 0.29) is 11.9 Å². The Balaban J connectivity index is 1.61. The summed E-state index contributed by atoms with van der Waals surface area (Å²) in [7, 11) is 1.81. The Morgan fingerprint density at radius 3 is 2.29 bits per heavy atom. The number of nitrogens with one attached hydrogen (secondary N) is 1. The highest BCUT2D eigenvalue weighted by molar-refractivity contribution is 5.98. The number of anilines is 3. The largest absolute Gasteiger partial charge is 0.374 e. The smallest absolute Gasteiger partial charge is 0.248 e. The van der Waals surface area contributed by atoms with Crippen molar-refractivity contribution in [3.8, 4) is 0 Å². The fourth-order valence-electron chi connectivity index (χ4n) is 3.12. The second kappa shape index (κ2) is 7.39. The number of carbonyl (C=O) groups is 1. The second-order valence-corrected chi connectivity index (χ2v) is 6.34. The minimum atomic E-state index is -0.284. The zero-order chi connectivity index (χ0) is 16.9. The van der Waals surface area contributed by atoms with Crippen molar-refractivity contribution < 1.29 is 4.79 Å². The summed E-state index contributed by atoms with van der Waals surface area (Å²) in [6.07, 6.45) is 2.55. The van der Waals surface area contributed by atoms with E-state index in [0.29, 0.717) is 0 Å². The van der Waals surface area contributed by atoms with Gasteiger partial charge in [0.1, 0.15) is 6.04 Å². The number of likely N-dealkylation sites (N-methyl/N-ethyl adjacent to an activating group) is 1. The van der Waals surface area contributed by atoms with Crippen molar-refractivity contribution in [2.45, 2.75) is 25.8 Å². The Kier molecular flexibility index (Phi) is 5.04. The van der Waals surface area contributed by atoms with E-state index >= 15 is 0 Å². The third kappa shape index (κ3) is 3.70. The van der Waals surface area contributed by atoms with E-state index in [1.807, 2.05) is 44.3 Å². The molecule has 4 heteroatoms. The molecular weight excluding hydrogens is 298 g/mol. The first-order valence-electron chi connectivity index (χ1n) is 8.59. The number of hydrogen-bond donors (Lipinski definition) is 1. The molecule has 1 fully saturated rings. The molecule has 1 aliphatic heterocycles. The van der Waals surface area contributed by atoms with Crippen LogP contribution in [-0.2, 0) is 4.79 Å². The van der Waals surface area contributed by atoms with Gasteiger partial charge in [-0.25, -0.2) is 0 Å². The highest BCUT2D eigenvalue weighted by Gasteiger charge is 2.18. The van der Waals surface area contributed by atoms with Crippen LogP contribution in [0.1, 0.15) is 19.8 Å². The molecule has 0 bridgehead atoms. The molecule has 1 atom stereocenters. The van der Waals surface area contributed by atoms with E-state index < -0.39 is 0 Å². The van der Waals surface area contributed by atoms with Gasteiger partial charge >= 0.3 is 0 Å². The first-order valence-corrected chi connectivity index (χ1v) is 8.59. The van der Waals surface area contributed by atoms with Gasteiger partial charge in [0.15, 0.2) is 0 Å². The van der Waals surface area contributed by atoms with Crippen LogP contribution in [0.25, 0.3) is 0 Å². The standard InChI is InChI=1S/C20H25N3O/c1-16(20(24)22(2)18-8-4-3-5-9-18)21-17-10-12-19(13-11-17)23-14-6-7-15-23/h3-5,8-13,16,21H,6-7,14-15H2,1-2H3/t16-/m1/s1. The Morgan fingerprint density at radius 2 is 1.67 bits per heavy atom. The van der Waals surface area contributed by atoms with E-state index in [2.05, 4.69) is 34.5 Å². The first-order chi connectivity index (χ1) is 11.6. The molecule has 3 rings (SSSR count). The molecule has 4 nitrogen and oxygen atoms in total. The summed E-state index contributed by atoms with van der Waals surface area (Å²) in [5.74, 6) is 0.0461. The number of amides is 1. The molecule has 0 saturated carbocycles. The van der Waals surface area contributed by atoms with Gasteiger partial charge in [-0.1, -0.05) is 18.2 Å². The lowest BCUT2D eigenvalue weighted by Gasteiger charge is -2.23. The van der Waals surface area contributed by atoms with Gasteiger partial charge in [0, 0.05) is 37.2 Å². The number of hydrogen-bond acceptors (Lipinski definition) is 3. The van der Waals surface area contributed by atoms with Crippen molar-refractivity contribution in [1.29, 1.82) is 0 Å². The van der Waals surface area contributed by atoms with Crippen LogP contribution in [-0.4, -0.2) is 32.1 Å². The van der Waals surface area contributed by atoms with Crippen LogP contribution in [0.3, 0.4) is 0 Å². The van der Waals surface area contributed by atoms with Crippen LogP contribution < -0.4 is 15.1 Å². The molecule has 1 amide bonds. The minimum Gasteiger partial charge on any atom is -0.374 e. The number of para-hydroxylation sites is 1. The average Bonchev–Trinajstić information content (AvgIpc) is 3.16. The molecule has 2 aromatic carbocycles. The number of nitrogens with zero attached hydrogens (tertiary/aromatic N) is 2. The van der Waals surface area contributed by atoms with Crippen molar-refractivity contribution >= 4 is 23.0 Å². The molecule has 126 valence electrons. The summed E-state index contributed by atoms with van der Waals surface area (Å²) >= 11 is 0. The van der Waals surface area contributed by atoms with Crippen LogP contribution in [0, 0.1) is 0 Å². The molecule has 0 aromatic heterocycles. The second-order valence-electron chi connectivity index (χ2n) is 6.34. The van der Waals surface area contributed by atoms with Crippen molar-refractivity contribution in [2.75, 3.05) is 35.3 Å². The monoisotopic (exact) mass is 323 g/mol. The average molecular weight is 323 g/mol. The first kappa shape index (κ1) is 16.4. The number of rotatable bonds is 5. The molecule has 0 radical (unpaired) electrons. The van der Waals surface area contributed by atoms with Crippen molar-refractivity contribution in [3.05, 3.63) is 54.6 Å². The highest BCUT2D eigenvalue weighted by atomic mass is 16.2. The van der Waals surface area contributed by atoms with Crippen molar-refractivity contribution in [2.24, 2.45) is 0 Å². The molecule has 1 N–H and O–H groups in total. The van der Waals surface area contributed by atoms with Crippen LogP contribution in [0.4, 0.5) is 17.1 Å². The molecule has 1 aliphatic rings. The molecule has 24 heavy (non-hydrogen) atoms. The van der Waals surface area contributed by atoms with Crippen LogP contribution in [0.5, 0.6) is 0 Å². The van der Waals surface area contributed by atoms with Gasteiger partial charge < -0.3 is 15.1 Å². The van der Waals surface area contributed by atoms with Gasteiger partial charge in [-0.05, 0) is 56.2 Å². The summed E-state index contributed by atoms with van der Waals surface area (Å²) in [4.78, 5) is 16.7. The normalized spacial score (nSPS) is 15.2. The Labute approximate surface area is 144 Å². The summed E-state index contributed by atoms with van der Waals surface area (Å²) in [6.45, 7) is 4.18. The van der Waals surface area contributed by atoms with Gasteiger partial charge in [0.2, 0.25) is 5.91 Å². The zero-order valence-corrected chi connectivity index (χ0v) is 14.4. The van der Waals surface area contributed by atoms with E-state index in [9.17, 15) is 4.79 Å². The van der Waals surface area contributed by atoms with Gasteiger partial charge in [-0.3, -0.25) is 4.79 Å². The fraction of sp³-hybridized carbons (Fsp3) is 0.350. The molecule has 0 aliphatic carbocycles. The zero-order valence-electron chi connectivity index (χ0n) is 14.4. The maximum absolute atomic E-state index is 12.6. The molecule has 1 heterocycles. The third-order valence-electron chi connectivity index (χ3n) is 4.57. The van der Waals surface area contributed by atoms with Gasteiger partial charge in [-0.15, -0.1) is 0 Å².